The average Bonchev–Trinajstić information content (AvgIpc) is 2.28. The molecule has 5 nitrogen and oxygen atoms in total. The Morgan fingerprint density at radius 1 is 0.944 bits per heavy atom. The molecule has 0 rings (SSSR count). The van der Waals surface area contributed by atoms with E-state index < -0.39 is 0 Å². The van der Waals surface area contributed by atoms with Gasteiger partial charge in [-0.3, -0.25) is 5.17 Å². The Bertz CT molecular complexity index is 244. The molecule has 0 radical (unpaired) electrons. The third-order valence-corrected chi connectivity index (χ3v) is 2.71. The summed E-state index contributed by atoms with van der Waals surface area (Å²) in [7, 11) is 0. The lowest BCUT2D eigenvalue weighted by Gasteiger charge is -2.22. The van der Waals surface area contributed by atoms with Crippen LogP contribution in [0.5, 0.6) is 0 Å². The first-order chi connectivity index (χ1) is 8.52. The Labute approximate surface area is 109 Å². The molecule has 1 unspecified atom stereocenters. The topological polar surface area (TPSA) is 73.7 Å². The maximum Gasteiger partial charge on any atom is 0.129 e. The summed E-state index contributed by atoms with van der Waals surface area (Å²) in [4.78, 5) is 21.4. The first-order valence-corrected chi connectivity index (χ1v) is 6.78. The van der Waals surface area contributed by atoms with Crippen LogP contribution >= 0.6 is 0 Å². The summed E-state index contributed by atoms with van der Waals surface area (Å²) in [6.45, 7) is 4.36. The van der Waals surface area contributed by atoms with Crippen molar-refractivity contribution >= 4 is 11.6 Å². The summed E-state index contributed by atoms with van der Waals surface area (Å²) in [5, 5.41) is 11.4. The molecule has 1 atom stereocenters. The molecule has 18 heavy (non-hydrogen) atoms. The summed E-state index contributed by atoms with van der Waals surface area (Å²) in [5.74, 6) is 0.408. The molecular weight excluding hydrogens is 232 g/mol. The van der Waals surface area contributed by atoms with Crippen LogP contribution in [0.1, 0.15) is 58.8 Å². The van der Waals surface area contributed by atoms with E-state index in [1.807, 2.05) is 0 Å². The number of carbonyl (C=O) groups is 2. The van der Waals surface area contributed by atoms with E-state index in [1.165, 1.54) is 0 Å². The highest BCUT2D eigenvalue weighted by Gasteiger charge is 1.99. The van der Waals surface area contributed by atoms with Gasteiger partial charge in [0.25, 0.3) is 0 Å². The van der Waals surface area contributed by atoms with Gasteiger partial charge in [0.15, 0.2) is 0 Å². The minimum Gasteiger partial charge on any atom is -0.613 e. The molecular formula is C13H26N2O3. The van der Waals surface area contributed by atoms with Crippen molar-refractivity contribution in [1.29, 1.82) is 0 Å². The van der Waals surface area contributed by atoms with Crippen LogP contribution in [0.25, 0.3) is 0 Å². The van der Waals surface area contributed by atoms with Crippen molar-refractivity contribution in [2.45, 2.75) is 58.8 Å². The number of ketones is 2. The van der Waals surface area contributed by atoms with Crippen molar-refractivity contribution in [3.63, 3.8) is 0 Å². The summed E-state index contributed by atoms with van der Waals surface area (Å²) in [6.07, 6.45) is 5.58. The number of quaternary nitrogens is 1. The third-order valence-electron chi connectivity index (χ3n) is 2.71. The largest absolute Gasteiger partial charge is 0.613 e. The lowest BCUT2D eigenvalue weighted by molar-refractivity contribution is -0.896. The number of unbranched alkanes of at least 4 members (excludes halogenated alkanes) is 3. The van der Waals surface area contributed by atoms with Crippen LogP contribution in [0, 0.1) is 5.21 Å². The van der Waals surface area contributed by atoms with Gasteiger partial charge in [-0.1, -0.05) is 6.42 Å². The lowest BCUT2D eigenvalue weighted by Crippen LogP contribution is -3.14. The molecule has 0 aliphatic rings. The molecule has 2 N–H and O–H groups in total. The van der Waals surface area contributed by atoms with Gasteiger partial charge in [0.1, 0.15) is 11.6 Å². The Balaban J connectivity index is 3.24. The van der Waals surface area contributed by atoms with Gasteiger partial charge in [-0.15, -0.1) is 0 Å². The molecule has 0 saturated heterocycles. The van der Waals surface area contributed by atoms with Crippen LogP contribution in [-0.2, 0) is 9.59 Å². The molecule has 5 heteroatoms. The van der Waals surface area contributed by atoms with Crippen molar-refractivity contribution < 1.29 is 14.8 Å². The second-order valence-corrected chi connectivity index (χ2v) is 4.77. The van der Waals surface area contributed by atoms with E-state index in [0.29, 0.717) is 25.9 Å². The zero-order valence-corrected chi connectivity index (χ0v) is 11.6. The predicted molar refractivity (Wildman–Crippen MR) is 70.9 cm³/mol. The van der Waals surface area contributed by atoms with E-state index in [1.54, 1.807) is 13.8 Å². The molecule has 106 valence electrons. The molecule has 0 bridgehead atoms. The van der Waals surface area contributed by atoms with E-state index in [0.717, 1.165) is 32.1 Å². The molecule has 0 aliphatic heterocycles. The van der Waals surface area contributed by atoms with Crippen molar-refractivity contribution in [1.82, 2.24) is 5.43 Å². The molecule has 0 heterocycles. The minimum atomic E-state index is 0.0603. The molecule has 0 fully saturated rings. The highest BCUT2D eigenvalue weighted by atomic mass is 16.5. The van der Waals surface area contributed by atoms with Crippen LogP contribution in [0.4, 0.5) is 0 Å². The second kappa shape index (κ2) is 11.3. The van der Waals surface area contributed by atoms with Crippen LogP contribution in [0.2, 0.25) is 0 Å². The number of Topliss-reactive ketones (excluding diaryl/α,β-unsaturated/α-hetero) is 2. The van der Waals surface area contributed by atoms with Gasteiger partial charge in [-0.25, -0.2) is 0 Å². The SMILES string of the molecule is CC(=O)CCCCCN[NH+]([O-])CCCCC(C)=O. The number of rotatable bonds is 12. The molecule has 0 amide bonds. The Hall–Kier alpha value is -0.780. The van der Waals surface area contributed by atoms with E-state index in [4.69, 9.17) is 0 Å². The second-order valence-electron chi connectivity index (χ2n) is 4.77. The fraction of sp³-hybridized carbons (Fsp3) is 0.846. The van der Waals surface area contributed by atoms with E-state index in [9.17, 15) is 14.8 Å². The number of carbonyl (C=O) groups excluding carboxylic acids is 2. The number of hydroxylamine groups is 1. The number of nitrogens with one attached hydrogen (secondary N) is 2. The van der Waals surface area contributed by atoms with Crippen LogP contribution in [0.15, 0.2) is 0 Å². The maximum absolute atomic E-state index is 11.4. The Kier molecular flexibility index (Phi) is 10.8. The fourth-order valence-electron chi connectivity index (χ4n) is 1.65. The smallest absolute Gasteiger partial charge is 0.129 e. The highest BCUT2D eigenvalue weighted by molar-refractivity contribution is 5.75. The van der Waals surface area contributed by atoms with Gasteiger partial charge >= 0.3 is 0 Å². The van der Waals surface area contributed by atoms with E-state index in [2.05, 4.69) is 5.43 Å². The normalized spacial score (nSPS) is 12.4. The first-order valence-electron chi connectivity index (χ1n) is 6.78. The van der Waals surface area contributed by atoms with Crippen LogP contribution in [-0.4, -0.2) is 24.7 Å². The van der Waals surface area contributed by atoms with Crippen molar-refractivity contribution in [2.24, 2.45) is 0 Å². The Morgan fingerprint density at radius 2 is 1.50 bits per heavy atom. The van der Waals surface area contributed by atoms with Crippen molar-refractivity contribution in [3.05, 3.63) is 5.21 Å². The number of hydrogen-bond acceptors (Lipinski definition) is 4. The van der Waals surface area contributed by atoms with E-state index in [-0.39, 0.29) is 16.7 Å². The summed E-state index contributed by atoms with van der Waals surface area (Å²) >= 11 is 0. The highest BCUT2D eigenvalue weighted by Crippen LogP contribution is 1.98. The molecule has 0 spiro atoms. The predicted octanol–water partition coefficient (Wildman–Crippen LogP) is 0.782. The fourth-order valence-corrected chi connectivity index (χ4v) is 1.65. The zero-order valence-electron chi connectivity index (χ0n) is 11.6. The Morgan fingerprint density at radius 3 is 2.06 bits per heavy atom. The average molecular weight is 258 g/mol. The van der Waals surface area contributed by atoms with Gasteiger partial charge in [0.2, 0.25) is 0 Å². The van der Waals surface area contributed by atoms with Crippen LogP contribution in [0.3, 0.4) is 0 Å². The van der Waals surface area contributed by atoms with Crippen molar-refractivity contribution in [2.75, 3.05) is 13.1 Å². The minimum absolute atomic E-state index is 0.0603. The monoisotopic (exact) mass is 258 g/mol. The van der Waals surface area contributed by atoms with Gasteiger partial charge in [0.05, 0.1) is 6.54 Å². The van der Waals surface area contributed by atoms with Gasteiger partial charge < -0.3 is 14.8 Å². The molecule has 0 aromatic carbocycles. The summed E-state index contributed by atoms with van der Waals surface area (Å²) < 4.78 is 0. The molecule has 0 aliphatic carbocycles. The van der Waals surface area contributed by atoms with Gasteiger partial charge in [0, 0.05) is 19.4 Å². The van der Waals surface area contributed by atoms with E-state index >= 15 is 0 Å². The first kappa shape index (κ1) is 17.2. The molecule has 0 aromatic rings. The summed E-state index contributed by atoms with van der Waals surface area (Å²) in [5.41, 5.74) is 2.85. The summed E-state index contributed by atoms with van der Waals surface area (Å²) in [6, 6.07) is 0. The van der Waals surface area contributed by atoms with Gasteiger partial charge in [-0.2, -0.15) is 5.43 Å². The molecule has 0 saturated carbocycles. The third kappa shape index (κ3) is 13.3. The quantitative estimate of drug-likeness (QED) is 0.401. The zero-order chi connectivity index (χ0) is 13.8. The lowest BCUT2D eigenvalue weighted by atomic mass is 10.1. The number of hydrogen-bond donors (Lipinski definition) is 2. The van der Waals surface area contributed by atoms with Gasteiger partial charge in [-0.05, 0) is 39.5 Å². The standard InChI is InChI=1S/C13H26N2O3/c1-12(16)8-4-3-6-10-14-15(18)11-7-5-9-13(2)17/h14-15H,3-11H2,1-2H3. The molecule has 0 aromatic heterocycles. The maximum atomic E-state index is 11.4. The van der Waals surface area contributed by atoms with Crippen molar-refractivity contribution in [3.8, 4) is 0 Å². The van der Waals surface area contributed by atoms with Crippen LogP contribution < -0.4 is 10.6 Å².